The first-order valence-corrected chi connectivity index (χ1v) is 4.58. The minimum atomic E-state index is -0.411. The van der Waals surface area contributed by atoms with Crippen LogP contribution in [0.25, 0.3) is 0 Å². The molecular weight excluding hydrogens is 218 g/mol. The summed E-state index contributed by atoms with van der Waals surface area (Å²) in [7, 11) is 0. The molecule has 1 heterocycles. The number of ether oxygens (including phenoxy) is 2. The fraction of sp³-hybridized carbons (Fsp3) is 0.400. The van der Waals surface area contributed by atoms with Gasteiger partial charge in [0.25, 0.3) is 0 Å². The SMILES string of the molecule is Cl.N[C@@H](CO)c1cccc2c1OCCO2. The number of halogens is 1. The van der Waals surface area contributed by atoms with Gasteiger partial charge in [-0.05, 0) is 6.07 Å². The van der Waals surface area contributed by atoms with Crippen LogP contribution in [-0.2, 0) is 0 Å². The van der Waals surface area contributed by atoms with Gasteiger partial charge in [-0.25, -0.2) is 0 Å². The van der Waals surface area contributed by atoms with Crippen molar-refractivity contribution in [2.75, 3.05) is 19.8 Å². The third-order valence-electron chi connectivity index (χ3n) is 2.19. The first-order chi connectivity index (χ1) is 6.83. The molecule has 1 aromatic rings. The van der Waals surface area contributed by atoms with Crippen LogP contribution >= 0.6 is 12.4 Å². The van der Waals surface area contributed by atoms with Crippen molar-refractivity contribution in [2.24, 2.45) is 5.73 Å². The van der Waals surface area contributed by atoms with Crippen molar-refractivity contribution < 1.29 is 14.6 Å². The number of hydrogen-bond donors (Lipinski definition) is 2. The summed E-state index contributed by atoms with van der Waals surface area (Å²) in [5, 5.41) is 8.97. The highest BCUT2D eigenvalue weighted by Gasteiger charge is 2.18. The maximum Gasteiger partial charge on any atom is 0.166 e. The van der Waals surface area contributed by atoms with Gasteiger partial charge in [0, 0.05) is 5.56 Å². The molecule has 15 heavy (non-hydrogen) atoms. The second kappa shape index (κ2) is 5.21. The van der Waals surface area contributed by atoms with E-state index in [0.29, 0.717) is 24.7 Å². The summed E-state index contributed by atoms with van der Waals surface area (Å²) in [4.78, 5) is 0. The van der Waals surface area contributed by atoms with Crippen LogP contribution in [-0.4, -0.2) is 24.9 Å². The second-order valence-corrected chi connectivity index (χ2v) is 3.16. The van der Waals surface area contributed by atoms with Gasteiger partial charge >= 0.3 is 0 Å². The van der Waals surface area contributed by atoms with Gasteiger partial charge in [0.2, 0.25) is 0 Å². The molecule has 0 saturated heterocycles. The molecule has 1 aromatic carbocycles. The van der Waals surface area contributed by atoms with Crippen LogP contribution in [0.4, 0.5) is 0 Å². The smallest absolute Gasteiger partial charge is 0.166 e. The zero-order valence-electron chi connectivity index (χ0n) is 8.18. The molecule has 0 aliphatic carbocycles. The van der Waals surface area contributed by atoms with Crippen LogP contribution in [0.3, 0.4) is 0 Å². The summed E-state index contributed by atoms with van der Waals surface area (Å²) >= 11 is 0. The fourth-order valence-corrected chi connectivity index (χ4v) is 1.49. The van der Waals surface area contributed by atoms with Gasteiger partial charge in [-0.3, -0.25) is 0 Å². The van der Waals surface area contributed by atoms with E-state index in [1.165, 1.54) is 0 Å². The Bertz CT molecular complexity index is 332. The molecule has 0 saturated carbocycles. The zero-order valence-corrected chi connectivity index (χ0v) is 9.00. The largest absolute Gasteiger partial charge is 0.486 e. The van der Waals surface area contributed by atoms with Crippen LogP contribution in [0.5, 0.6) is 11.5 Å². The third-order valence-corrected chi connectivity index (χ3v) is 2.19. The summed E-state index contributed by atoms with van der Waals surface area (Å²) < 4.78 is 10.9. The minimum Gasteiger partial charge on any atom is -0.486 e. The van der Waals surface area contributed by atoms with E-state index in [2.05, 4.69) is 0 Å². The van der Waals surface area contributed by atoms with Crippen LogP contribution < -0.4 is 15.2 Å². The topological polar surface area (TPSA) is 64.7 Å². The predicted octanol–water partition coefficient (Wildman–Crippen LogP) is 0.872. The summed E-state index contributed by atoms with van der Waals surface area (Å²) in [6.45, 7) is 0.993. The van der Waals surface area contributed by atoms with Gasteiger partial charge in [0.1, 0.15) is 13.2 Å². The Labute approximate surface area is 94.4 Å². The molecule has 0 fully saturated rings. The minimum absolute atomic E-state index is 0. The lowest BCUT2D eigenvalue weighted by atomic mass is 10.1. The highest BCUT2D eigenvalue weighted by molar-refractivity contribution is 5.85. The van der Waals surface area contributed by atoms with Crippen molar-refractivity contribution in [3.8, 4) is 11.5 Å². The van der Waals surface area contributed by atoms with Gasteiger partial charge < -0.3 is 20.3 Å². The number of nitrogens with two attached hydrogens (primary N) is 1. The molecule has 1 aliphatic rings. The Morgan fingerprint density at radius 1 is 1.33 bits per heavy atom. The molecule has 1 atom stereocenters. The quantitative estimate of drug-likeness (QED) is 0.793. The molecule has 84 valence electrons. The van der Waals surface area contributed by atoms with Crippen LogP contribution in [0.1, 0.15) is 11.6 Å². The Morgan fingerprint density at radius 3 is 2.80 bits per heavy atom. The first kappa shape index (κ1) is 12.1. The van der Waals surface area contributed by atoms with Gasteiger partial charge in [-0.1, -0.05) is 12.1 Å². The van der Waals surface area contributed by atoms with Gasteiger partial charge in [0.15, 0.2) is 11.5 Å². The Kier molecular flexibility index (Phi) is 4.20. The normalized spacial score (nSPS) is 15.3. The zero-order chi connectivity index (χ0) is 9.97. The number of para-hydroxylation sites is 1. The standard InChI is InChI=1S/C10H13NO3.ClH/c11-8(6-12)7-2-1-3-9-10(7)14-5-4-13-9;/h1-3,8,12H,4-6,11H2;1H/t8-;/m0./s1. The summed E-state index contributed by atoms with van der Waals surface area (Å²) in [5.41, 5.74) is 6.53. The Morgan fingerprint density at radius 2 is 2.07 bits per heavy atom. The average Bonchev–Trinajstić information content (AvgIpc) is 2.27. The molecule has 0 spiro atoms. The maximum atomic E-state index is 8.97. The molecule has 0 aromatic heterocycles. The summed E-state index contributed by atoms with van der Waals surface area (Å²) in [6, 6.07) is 5.11. The monoisotopic (exact) mass is 231 g/mol. The molecule has 0 unspecified atom stereocenters. The number of fused-ring (bicyclic) bond motifs is 1. The molecule has 1 aliphatic heterocycles. The van der Waals surface area contributed by atoms with Crippen molar-refractivity contribution in [3.05, 3.63) is 23.8 Å². The lowest BCUT2D eigenvalue weighted by molar-refractivity contribution is 0.167. The van der Waals surface area contributed by atoms with E-state index in [1.54, 1.807) is 0 Å². The highest BCUT2D eigenvalue weighted by Crippen LogP contribution is 2.35. The van der Waals surface area contributed by atoms with E-state index in [9.17, 15) is 0 Å². The number of aliphatic hydroxyl groups excluding tert-OH is 1. The average molecular weight is 232 g/mol. The van der Waals surface area contributed by atoms with Gasteiger partial charge in [-0.2, -0.15) is 0 Å². The molecule has 3 N–H and O–H groups in total. The molecule has 0 bridgehead atoms. The Hall–Kier alpha value is -0.970. The van der Waals surface area contributed by atoms with Crippen LogP contribution in [0, 0.1) is 0 Å². The van der Waals surface area contributed by atoms with Crippen molar-refractivity contribution in [1.29, 1.82) is 0 Å². The summed E-state index contributed by atoms with van der Waals surface area (Å²) in [5.74, 6) is 1.37. The Balaban J connectivity index is 0.00000112. The van der Waals surface area contributed by atoms with Gasteiger partial charge in [0.05, 0.1) is 12.6 Å². The predicted molar refractivity (Wildman–Crippen MR) is 58.7 cm³/mol. The molecule has 4 nitrogen and oxygen atoms in total. The lowest BCUT2D eigenvalue weighted by Crippen LogP contribution is -2.21. The molecular formula is C10H14ClNO3. The highest BCUT2D eigenvalue weighted by atomic mass is 35.5. The summed E-state index contributed by atoms with van der Waals surface area (Å²) in [6.07, 6.45) is 0. The molecule has 5 heteroatoms. The van der Waals surface area contributed by atoms with E-state index in [4.69, 9.17) is 20.3 Å². The van der Waals surface area contributed by atoms with E-state index < -0.39 is 6.04 Å². The van der Waals surface area contributed by atoms with Crippen molar-refractivity contribution in [1.82, 2.24) is 0 Å². The first-order valence-electron chi connectivity index (χ1n) is 4.58. The molecule has 2 rings (SSSR count). The van der Waals surface area contributed by atoms with Gasteiger partial charge in [-0.15, -0.1) is 12.4 Å². The van der Waals surface area contributed by atoms with E-state index in [1.807, 2.05) is 18.2 Å². The van der Waals surface area contributed by atoms with Crippen molar-refractivity contribution in [2.45, 2.75) is 6.04 Å². The van der Waals surface area contributed by atoms with E-state index >= 15 is 0 Å². The van der Waals surface area contributed by atoms with Crippen molar-refractivity contribution >= 4 is 12.4 Å². The van der Waals surface area contributed by atoms with Crippen molar-refractivity contribution in [3.63, 3.8) is 0 Å². The molecule has 0 radical (unpaired) electrons. The van der Waals surface area contributed by atoms with Crippen LogP contribution in [0.15, 0.2) is 18.2 Å². The lowest BCUT2D eigenvalue weighted by Gasteiger charge is -2.22. The van der Waals surface area contributed by atoms with E-state index in [0.717, 1.165) is 5.56 Å². The van der Waals surface area contributed by atoms with Crippen LogP contribution in [0.2, 0.25) is 0 Å². The number of benzene rings is 1. The second-order valence-electron chi connectivity index (χ2n) is 3.16. The number of hydrogen-bond acceptors (Lipinski definition) is 4. The number of rotatable bonds is 2. The number of aliphatic hydroxyl groups is 1. The maximum absolute atomic E-state index is 8.97. The molecule has 0 amide bonds. The fourth-order valence-electron chi connectivity index (χ4n) is 1.49. The van der Waals surface area contributed by atoms with E-state index in [-0.39, 0.29) is 19.0 Å². The third kappa shape index (κ3) is 2.34.